The van der Waals surface area contributed by atoms with E-state index in [4.69, 9.17) is 5.11 Å². The van der Waals surface area contributed by atoms with Gasteiger partial charge in [-0.05, 0) is 31.4 Å². The summed E-state index contributed by atoms with van der Waals surface area (Å²) in [5, 5.41) is 8.62. The molecule has 0 spiro atoms. The minimum absolute atomic E-state index is 0.0411. The van der Waals surface area contributed by atoms with Crippen molar-refractivity contribution in [3.63, 3.8) is 0 Å². The molecule has 0 fully saturated rings. The van der Waals surface area contributed by atoms with E-state index in [1.54, 1.807) is 13.0 Å². The molecule has 1 aromatic carbocycles. The van der Waals surface area contributed by atoms with Crippen LogP contribution in [0.1, 0.15) is 41.3 Å². The van der Waals surface area contributed by atoms with Crippen molar-refractivity contribution in [1.82, 2.24) is 10.9 Å². The minimum Gasteiger partial charge on any atom is -0.481 e. The van der Waals surface area contributed by atoms with Crippen LogP contribution in [0.5, 0.6) is 0 Å². The number of aliphatic carboxylic acids is 1. The van der Waals surface area contributed by atoms with Gasteiger partial charge in [-0.15, -0.1) is 0 Å². The highest BCUT2D eigenvalue weighted by atomic mass is 16.4. The van der Waals surface area contributed by atoms with Gasteiger partial charge in [-0.1, -0.05) is 24.6 Å². The van der Waals surface area contributed by atoms with Crippen LogP contribution in [0.4, 0.5) is 0 Å². The second kappa shape index (κ2) is 7.42. The third-order valence-corrected chi connectivity index (χ3v) is 3.00. The molecule has 6 nitrogen and oxygen atoms in total. The number of rotatable bonds is 5. The Labute approximate surface area is 123 Å². The van der Waals surface area contributed by atoms with E-state index in [0.717, 1.165) is 11.1 Å². The highest BCUT2D eigenvalue weighted by molar-refractivity contribution is 5.96. The van der Waals surface area contributed by atoms with Crippen molar-refractivity contribution in [2.75, 3.05) is 0 Å². The fourth-order valence-electron chi connectivity index (χ4n) is 2.00. The first-order valence-corrected chi connectivity index (χ1v) is 6.67. The first-order chi connectivity index (χ1) is 9.79. The Bertz CT molecular complexity index is 555. The molecule has 1 atom stereocenters. The Kier molecular flexibility index (Phi) is 5.90. The topological polar surface area (TPSA) is 95.5 Å². The lowest BCUT2D eigenvalue weighted by Crippen LogP contribution is -2.42. The molecule has 0 heterocycles. The monoisotopic (exact) mass is 292 g/mol. The zero-order valence-corrected chi connectivity index (χ0v) is 12.4. The second-order valence-electron chi connectivity index (χ2n) is 5.23. The fourth-order valence-corrected chi connectivity index (χ4v) is 2.00. The Morgan fingerprint density at radius 1 is 1.14 bits per heavy atom. The molecule has 0 aliphatic heterocycles. The van der Waals surface area contributed by atoms with Crippen LogP contribution in [0.2, 0.25) is 0 Å². The second-order valence-corrected chi connectivity index (χ2v) is 5.23. The van der Waals surface area contributed by atoms with Crippen LogP contribution in [0.15, 0.2) is 18.2 Å². The highest BCUT2D eigenvalue weighted by Crippen LogP contribution is 2.10. The number of hydrazine groups is 1. The number of carboxylic acid groups (broad SMARTS) is 1. The maximum absolute atomic E-state index is 11.9. The van der Waals surface area contributed by atoms with Crippen molar-refractivity contribution < 1.29 is 19.5 Å². The molecule has 1 aromatic rings. The van der Waals surface area contributed by atoms with Crippen LogP contribution in [0.3, 0.4) is 0 Å². The average molecular weight is 292 g/mol. The van der Waals surface area contributed by atoms with Crippen molar-refractivity contribution in [1.29, 1.82) is 0 Å². The van der Waals surface area contributed by atoms with Gasteiger partial charge in [0, 0.05) is 18.4 Å². The third kappa shape index (κ3) is 5.64. The molecule has 2 amide bonds. The molecule has 0 radical (unpaired) electrons. The zero-order valence-electron chi connectivity index (χ0n) is 12.4. The summed E-state index contributed by atoms with van der Waals surface area (Å²) >= 11 is 0. The Hall–Kier alpha value is -2.37. The predicted molar refractivity (Wildman–Crippen MR) is 77.6 cm³/mol. The van der Waals surface area contributed by atoms with E-state index in [-0.39, 0.29) is 18.8 Å². The summed E-state index contributed by atoms with van der Waals surface area (Å²) in [6.45, 7) is 5.42. The van der Waals surface area contributed by atoms with Gasteiger partial charge in [-0.2, -0.15) is 0 Å². The van der Waals surface area contributed by atoms with E-state index in [1.165, 1.54) is 0 Å². The van der Waals surface area contributed by atoms with Gasteiger partial charge in [0.25, 0.3) is 5.91 Å². The standard InChI is InChI=1S/C15H20N2O4/c1-9-4-5-12(11(3)6-9)15(21)17-16-13(18)7-10(2)8-14(19)20/h4-6,10H,7-8H2,1-3H3,(H,16,18)(H,17,21)(H,19,20). The molecule has 114 valence electrons. The molecule has 0 aliphatic rings. The molecule has 0 saturated carbocycles. The van der Waals surface area contributed by atoms with Crippen LogP contribution < -0.4 is 10.9 Å². The largest absolute Gasteiger partial charge is 0.481 e. The molecule has 6 heteroatoms. The summed E-state index contributed by atoms with van der Waals surface area (Å²) in [6.07, 6.45) is -0.0438. The van der Waals surface area contributed by atoms with E-state index >= 15 is 0 Å². The fraction of sp³-hybridized carbons (Fsp3) is 0.400. The van der Waals surface area contributed by atoms with Crippen molar-refractivity contribution in [2.45, 2.75) is 33.6 Å². The lowest BCUT2D eigenvalue weighted by atomic mass is 10.0. The first kappa shape index (κ1) is 16.7. The summed E-state index contributed by atoms with van der Waals surface area (Å²) < 4.78 is 0. The van der Waals surface area contributed by atoms with Crippen LogP contribution in [0, 0.1) is 19.8 Å². The summed E-state index contributed by atoms with van der Waals surface area (Å²) in [5.41, 5.74) is 6.98. The normalized spacial score (nSPS) is 11.6. The number of carbonyl (C=O) groups is 3. The number of amides is 2. The van der Waals surface area contributed by atoms with Crippen molar-refractivity contribution in [3.8, 4) is 0 Å². The number of nitrogens with one attached hydrogen (secondary N) is 2. The SMILES string of the molecule is Cc1ccc(C(=O)NNC(=O)CC(C)CC(=O)O)c(C)c1. The van der Waals surface area contributed by atoms with E-state index in [9.17, 15) is 14.4 Å². The van der Waals surface area contributed by atoms with Crippen LogP contribution in [-0.4, -0.2) is 22.9 Å². The van der Waals surface area contributed by atoms with Crippen LogP contribution >= 0.6 is 0 Å². The molecule has 1 rings (SSSR count). The summed E-state index contributed by atoms with van der Waals surface area (Å²) in [7, 11) is 0. The molecular weight excluding hydrogens is 272 g/mol. The highest BCUT2D eigenvalue weighted by Gasteiger charge is 2.14. The number of carbonyl (C=O) groups excluding carboxylic acids is 2. The summed E-state index contributed by atoms with van der Waals surface area (Å²) in [6, 6.07) is 5.39. The molecule has 3 N–H and O–H groups in total. The molecule has 0 saturated heterocycles. The van der Waals surface area contributed by atoms with Crippen molar-refractivity contribution >= 4 is 17.8 Å². The Morgan fingerprint density at radius 2 is 1.81 bits per heavy atom. The van der Waals surface area contributed by atoms with Gasteiger partial charge in [0.05, 0.1) is 0 Å². The van der Waals surface area contributed by atoms with Gasteiger partial charge in [-0.25, -0.2) is 0 Å². The van der Waals surface area contributed by atoms with E-state index in [0.29, 0.717) is 5.56 Å². The van der Waals surface area contributed by atoms with Gasteiger partial charge in [0.15, 0.2) is 0 Å². The molecule has 1 unspecified atom stereocenters. The quantitative estimate of drug-likeness (QED) is 0.718. The smallest absolute Gasteiger partial charge is 0.303 e. The van der Waals surface area contributed by atoms with Crippen LogP contribution in [-0.2, 0) is 9.59 Å². The molecule has 21 heavy (non-hydrogen) atoms. The Balaban J connectivity index is 2.49. The number of carboxylic acids is 1. The minimum atomic E-state index is -0.949. The van der Waals surface area contributed by atoms with E-state index in [1.807, 2.05) is 26.0 Å². The van der Waals surface area contributed by atoms with Crippen molar-refractivity contribution in [2.24, 2.45) is 5.92 Å². The molecule has 0 aromatic heterocycles. The average Bonchev–Trinajstić information content (AvgIpc) is 2.34. The van der Waals surface area contributed by atoms with Gasteiger partial charge in [0.2, 0.25) is 5.91 Å². The lowest BCUT2D eigenvalue weighted by molar-refractivity contribution is -0.138. The van der Waals surface area contributed by atoms with Gasteiger partial charge in [-0.3, -0.25) is 25.2 Å². The van der Waals surface area contributed by atoms with E-state index < -0.39 is 17.8 Å². The number of hydrogen-bond acceptors (Lipinski definition) is 3. The lowest BCUT2D eigenvalue weighted by Gasteiger charge is -2.11. The third-order valence-electron chi connectivity index (χ3n) is 3.00. The van der Waals surface area contributed by atoms with Gasteiger partial charge in [0.1, 0.15) is 0 Å². The van der Waals surface area contributed by atoms with Crippen molar-refractivity contribution in [3.05, 3.63) is 34.9 Å². The summed E-state index contributed by atoms with van der Waals surface area (Å²) in [4.78, 5) is 34.0. The zero-order chi connectivity index (χ0) is 16.0. The number of hydrogen-bond donors (Lipinski definition) is 3. The van der Waals surface area contributed by atoms with Crippen LogP contribution in [0.25, 0.3) is 0 Å². The summed E-state index contributed by atoms with van der Waals surface area (Å²) in [5.74, 6) is -2.05. The first-order valence-electron chi connectivity index (χ1n) is 6.67. The van der Waals surface area contributed by atoms with Gasteiger partial charge >= 0.3 is 5.97 Å². The Morgan fingerprint density at radius 3 is 2.38 bits per heavy atom. The molecular formula is C15H20N2O4. The molecule has 0 bridgehead atoms. The number of aryl methyl sites for hydroxylation is 2. The predicted octanol–water partition coefficient (Wildman–Crippen LogP) is 1.57. The number of benzene rings is 1. The van der Waals surface area contributed by atoms with E-state index in [2.05, 4.69) is 10.9 Å². The maximum atomic E-state index is 11.9. The maximum Gasteiger partial charge on any atom is 0.303 e. The van der Waals surface area contributed by atoms with Gasteiger partial charge < -0.3 is 5.11 Å². The molecule has 0 aliphatic carbocycles.